The van der Waals surface area contributed by atoms with E-state index >= 15 is 0 Å². The number of aromatic carboxylic acids is 1. The zero-order valence-electron chi connectivity index (χ0n) is 10.6. The molecule has 0 radical (unpaired) electrons. The van der Waals surface area contributed by atoms with Gasteiger partial charge in [-0.1, -0.05) is 19.4 Å². The molecule has 0 aliphatic carbocycles. The molecule has 0 unspecified atom stereocenters. The van der Waals surface area contributed by atoms with Gasteiger partial charge in [-0.3, -0.25) is 0 Å². The molecule has 100 valence electrons. The van der Waals surface area contributed by atoms with Crippen molar-refractivity contribution in [2.75, 3.05) is 19.8 Å². The zero-order chi connectivity index (χ0) is 13.2. The largest absolute Gasteiger partial charge is 0.477 e. The molecule has 1 rings (SSSR count). The molecule has 0 aliphatic rings. The first-order valence-corrected chi connectivity index (χ1v) is 6.08. The normalized spacial score (nSPS) is 10.5. The highest BCUT2D eigenvalue weighted by atomic mass is 16.5. The molecule has 0 amide bonds. The highest BCUT2D eigenvalue weighted by Crippen LogP contribution is 2.06. The maximum atomic E-state index is 10.9. The van der Waals surface area contributed by atoms with Crippen molar-refractivity contribution in [1.82, 2.24) is 4.98 Å². The highest BCUT2D eigenvalue weighted by molar-refractivity contribution is 5.86. The number of carbonyl (C=O) groups is 1. The van der Waals surface area contributed by atoms with E-state index in [2.05, 4.69) is 11.9 Å². The average molecular weight is 253 g/mol. The lowest BCUT2D eigenvalue weighted by Gasteiger charge is -2.07. The maximum Gasteiger partial charge on any atom is 0.354 e. The summed E-state index contributed by atoms with van der Waals surface area (Å²) in [4.78, 5) is 14.7. The van der Waals surface area contributed by atoms with Crippen LogP contribution in [0, 0.1) is 0 Å². The van der Waals surface area contributed by atoms with E-state index in [1.807, 2.05) is 0 Å². The molecule has 5 heteroatoms. The van der Waals surface area contributed by atoms with E-state index in [9.17, 15) is 4.79 Å². The minimum Gasteiger partial charge on any atom is -0.477 e. The molecule has 18 heavy (non-hydrogen) atoms. The summed E-state index contributed by atoms with van der Waals surface area (Å²) in [5.74, 6) is -1.03. The average Bonchev–Trinajstić information content (AvgIpc) is 2.38. The molecule has 0 fully saturated rings. The number of carboxylic acid groups (broad SMARTS) is 1. The van der Waals surface area contributed by atoms with Crippen LogP contribution in [0.3, 0.4) is 0 Å². The third-order valence-electron chi connectivity index (χ3n) is 2.37. The second-order valence-electron chi connectivity index (χ2n) is 3.83. The van der Waals surface area contributed by atoms with Crippen LogP contribution in [0.2, 0.25) is 0 Å². The second kappa shape index (κ2) is 8.60. The van der Waals surface area contributed by atoms with Crippen LogP contribution in [-0.4, -0.2) is 35.9 Å². The Hall–Kier alpha value is -1.46. The van der Waals surface area contributed by atoms with Gasteiger partial charge in [0.25, 0.3) is 0 Å². The van der Waals surface area contributed by atoms with Crippen LogP contribution < -0.4 is 0 Å². The molecule has 0 bridgehead atoms. The summed E-state index contributed by atoms with van der Waals surface area (Å²) in [5.41, 5.74) is 0.628. The van der Waals surface area contributed by atoms with E-state index < -0.39 is 5.97 Å². The van der Waals surface area contributed by atoms with Gasteiger partial charge < -0.3 is 14.6 Å². The Morgan fingerprint density at radius 3 is 2.83 bits per heavy atom. The Labute approximate surface area is 107 Å². The molecule has 0 spiro atoms. The Bertz CT molecular complexity index is 368. The Kier molecular flexibility index (Phi) is 6.98. The highest BCUT2D eigenvalue weighted by Gasteiger charge is 2.10. The van der Waals surface area contributed by atoms with Crippen LogP contribution in [0.4, 0.5) is 0 Å². The number of aromatic nitrogens is 1. The fourth-order valence-corrected chi connectivity index (χ4v) is 1.40. The van der Waals surface area contributed by atoms with Crippen molar-refractivity contribution in [3.63, 3.8) is 0 Å². The zero-order valence-corrected chi connectivity index (χ0v) is 10.6. The van der Waals surface area contributed by atoms with Crippen molar-refractivity contribution < 1.29 is 19.4 Å². The van der Waals surface area contributed by atoms with E-state index in [1.54, 1.807) is 12.1 Å². The predicted octanol–water partition coefficient (Wildman–Crippen LogP) is 2.11. The summed E-state index contributed by atoms with van der Waals surface area (Å²) in [6.45, 7) is 4.08. The molecule has 1 heterocycles. The molecule has 1 aromatic heterocycles. The number of pyridine rings is 1. The number of nitrogens with zero attached hydrogens (tertiary/aromatic N) is 1. The second-order valence-corrected chi connectivity index (χ2v) is 3.83. The monoisotopic (exact) mass is 253 g/mol. The molecule has 0 atom stereocenters. The summed E-state index contributed by atoms with van der Waals surface area (Å²) in [6.07, 6.45) is 3.62. The van der Waals surface area contributed by atoms with Crippen LogP contribution in [0.1, 0.15) is 35.8 Å². The van der Waals surface area contributed by atoms with Crippen LogP contribution in [0.15, 0.2) is 18.3 Å². The first-order valence-electron chi connectivity index (χ1n) is 6.08. The number of rotatable bonds is 9. The van der Waals surface area contributed by atoms with Crippen LogP contribution in [-0.2, 0) is 16.1 Å². The molecule has 1 N–H and O–H groups in total. The lowest BCUT2D eigenvalue weighted by atomic mass is 10.2. The van der Waals surface area contributed by atoms with Gasteiger partial charge in [-0.2, -0.15) is 0 Å². The summed E-state index contributed by atoms with van der Waals surface area (Å²) >= 11 is 0. The predicted molar refractivity (Wildman–Crippen MR) is 66.6 cm³/mol. The molecule has 0 aromatic carbocycles. The van der Waals surface area contributed by atoms with Gasteiger partial charge in [0.2, 0.25) is 0 Å². The minimum atomic E-state index is -1.03. The van der Waals surface area contributed by atoms with Crippen molar-refractivity contribution in [2.45, 2.75) is 26.4 Å². The van der Waals surface area contributed by atoms with Crippen LogP contribution in [0.25, 0.3) is 0 Å². The van der Waals surface area contributed by atoms with Gasteiger partial charge in [0, 0.05) is 18.4 Å². The fourth-order valence-electron chi connectivity index (χ4n) is 1.40. The number of hydrogen-bond donors (Lipinski definition) is 1. The first-order chi connectivity index (χ1) is 8.75. The number of ether oxygens (including phenoxy) is 2. The number of unbranched alkanes of at least 4 members (excludes halogenated alkanes) is 1. The first kappa shape index (κ1) is 14.6. The summed E-state index contributed by atoms with van der Waals surface area (Å²) < 4.78 is 10.7. The van der Waals surface area contributed by atoms with Gasteiger partial charge in [-0.05, 0) is 12.5 Å². The molecular weight excluding hydrogens is 234 g/mol. The molecule has 0 saturated carbocycles. The fraction of sp³-hybridized carbons (Fsp3) is 0.538. The third-order valence-corrected chi connectivity index (χ3v) is 2.37. The van der Waals surface area contributed by atoms with Crippen LogP contribution in [0.5, 0.6) is 0 Å². The molecule has 0 saturated heterocycles. The van der Waals surface area contributed by atoms with E-state index in [0.717, 1.165) is 19.4 Å². The lowest BCUT2D eigenvalue weighted by Crippen LogP contribution is -2.09. The quantitative estimate of drug-likeness (QED) is 0.683. The molecular formula is C13H19NO4. The molecule has 1 aromatic rings. The van der Waals surface area contributed by atoms with Gasteiger partial charge in [-0.15, -0.1) is 0 Å². The maximum absolute atomic E-state index is 10.9. The number of hydrogen-bond acceptors (Lipinski definition) is 4. The van der Waals surface area contributed by atoms with Crippen molar-refractivity contribution in [2.24, 2.45) is 0 Å². The van der Waals surface area contributed by atoms with Crippen LogP contribution >= 0.6 is 0 Å². The van der Waals surface area contributed by atoms with Crippen molar-refractivity contribution in [3.8, 4) is 0 Å². The van der Waals surface area contributed by atoms with E-state index in [-0.39, 0.29) is 12.3 Å². The van der Waals surface area contributed by atoms with Gasteiger partial charge >= 0.3 is 5.97 Å². The van der Waals surface area contributed by atoms with Gasteiger partial charge in [0.1, 0.15) is 0 Å². The Morgan fingerprint density at radius 2 is 2.11 bits per heavy atom. The Balaban J connectivity index is 2.25. The van der Waals surface area contributed by atoms with Gasteiger partial charge in [-0.25, -0.2) is 9.78 Å². The molecule has 5 nitrogen and oxygen atoms in total. The molecule has 0 aliphatic heterocycles. The minimum absolute atomic E-state index is 0.0457. The SMILES string of the molecule is CCCCOCCOCc1cccnc1C(=O)O. The summed E-state index contributed by atoms with van der Waals surface area (Å²) in [6, 6.07) is 3.40. The van der Waals surface area contributed by atoms with Crippen molar-refractivity contribution in [3.05, 3.63) is 29.6 Å². The Morgan fingerprint density at radius 1 is 1.33 bits per heavy atom. The number of carboxylic acids is 1. The van der Waals surface area contributed by atoms with E-state index in [1.165, 1.54) is 6.20 Å². The van der Waals surface area contributed by atoms with Crippen molar-refractivity contribution in [1.29, 1.82) is 0 Å². The standard InChI is InChI=1S/C13H19NO4/c1-2-3-7-17-8-9-18-10-11-5-4-6-14-12(11)13(15)16/h4-6H,2-3,7-10H2,1H3,(H,15,16). The smallest absolute Gasteiger partial charge is 0.354 e. The third kappa shape index (κ3) is 5.25. The summed E-state index contributed by atoms with van der Waals surface area (Å²) in [7, 11) is 0. The summed E-state index contributed by atoms with van der Waals surface area (Å²) in [5, 5.41) is 8.92. The lowest BCUT2D eigenvalue weighted by molar-refractivity contribution is 0.0388. The van der Waals surface area contributed by atoms with Crippen molar-refractivity contribution >= 4 is 5.97 Å². The van der Waals surface area contributed by atoms with E-state index in [0.29, 0.717) is 18.8 Å². The van der Waals surface area contributed by atoms with Gasteiger partial charge in [0.05, 0.1) is 19.8 Å². The van der Waals surface area contributed by atoms with Gasteiger partial charge in [0.15, 0.2) is 5.69 Å². The van der Waals surface area contributed by atoms with E-state index in [4.69, 9.17) is 14.6 Å². The topological polar surface area (TPSA) is 68.7 Å².